The summed E-state index contributed by atoms with van der Waals surface area (Å²) in [6, 6.07) is 129. The molecule has 105 heavy (non-hydrogen) atoms. The van der Waals surface area contributed by atoms with E-state index >= 15 is 0 Å². The molecule has 15 aromatic carbocycles. The molecule has 0 fully saturated rings. The molecule has 1 aromatic heterocycles. The predicted molar refractivity (Wildman–Crippen MR) is 467 cm³/mol. The van der Waals surface area contributed by atoms with Crippen molar-refractivity contribution >= 4 is 148 Å². The quantitative estimate of drug-likeness (QED) is 0.0842. The van der Waals surface area contributed by atoms with Gasteiger partial charge in [-0.1, -0.05) is 258 Å². The monoisotopic (exact) mass is 1710 g/mol. The molecule has 0 amide bonds. The summed E-state index contributed by atoms with van der Waals surface area (Å²) in [6.45, 7) is 0. The van der Waals surface area contributed by atoms with Crippen molar-refractivity contribution in [3.05, 3.63) is 426 Å². The van der Waals surface area contributed by atoms with Gasteiger partial charge in [0.05, 0.1) is 40.1 Å². The van der Waals surface area contributed by atoms with Gasteiger partial charge < -0.3 is 14.4 Å². The number of halogens is 5. The molecule has 0 atom stereocenters. The summed E-state index contributed by atoms with van der Waals surface area (Å²) in [5.41, 5.74) is 29.9. The number of anilines is 6. The summed E-state index contributed by atoms with van der Waals surface area (Å²) < 4.78 is 8.01. The fourth-order valence-electron chi connectivity index (χ4n) is 14.1. The number of allylic oxidation sites excluding steroid dienone is 6. The fraction of sp³-hybridized carbons (Fsp3) is 0.0103. The summed E-state index contributed by atoms with van der Waals surface area (Å²) in [5.74, 6) is 0. The molecule has 1 heterocycles. The third-order valence-electron chi connectivity index (χ3n) is 19.3. The number of aromatic nitrogens is 1. The molecule has 502 valence electrons. The highest BCUT2D eigenvalue weighted by Gasteiger charge is 2.23. The minimum absolute atomic E-state index is 0.987. The van der Waals surface area contributed by atoms with E-state index in [-0.39, 0.29) is 0 Å². The van der Waals surface area contributed by atoms with Gasteiger partial charge in [-0.15, -0.1) is 0 Å². The van der Waals surface area contributed by atoms with Crippen molar-refractivity contribution < 1.29 is 0 Å². The van der Waals surface area contributed by atoms with E-state index in [1.54, 1.807) is 0 Å². The highest BCUT2D eigenvalue weighted by molar-refractivity contribution is 14.1. The summed E-state index contributed by atoms with van der Waals surface area (Å²) in [5, 5.41) is 2.45. The Hall–Kier alpha value is -10.5. The van der Waals surface area contributed by atoms with Crippen LogP contribution in [-0.4, -0.2) is 4.57 Å². The Morgan fingerprint density at radius 1 is 0.305 bits per heavy atom. The number of rotatable bonds is 13. The van der Waals surface area contributed by atoms with Crippen LogP contribution in [0.3, 0.4) is 0 Å². The van der Waals surface area contributed by atoms with Crippen LogP contribution in [0, 0.1) is 9.65 Å². The molecule has 18 rings (SSSR count). The lowest BCUT2D eigenvalue weighted by molar-refractivity contribution is 1.18. The van der Waals surface area contributed by atoms with Gasteiger partial charge in [-0.3, -0.25) is 0 Å². The van der Waals surface area contributed by atoms with E-state index in [0.29, 0.717) is 0 Å². The largest absolute Gasteiger partial charge is 0.310 e. The highest BCUT2D eigenvalue weighted by atomic mass is 127. The third-order valence-corrected chi connectivity index (χ3v) is 22.0. The summed E-state index contributed by atoms with van der Waals surface area (Å²) in [7, 11) is 0. The third kappa shape index (κ3) is 15.1. The maximum Gasteiger partial charge on any atom is 0.103 e. The molecule has 16 aromatic rings. The van der Waals surface area contributed by atoms with Crippen LogP contribution in [0.5, 0.6) is 0 Å². The van der Waals surface area contributed by atoms with Crippen LogP contribution in [0.2, 0.25) is 0 Å². The Morgan fingerprint density at radius 3 is 1.28 bits per heavy atom. The van der Waals surface area contributed by atoms with E-state index in [0.717, 1.165) is 64.1 Å². The van der Waals surface area contributed by atoms with E-state index in [2.05, 4.69) is 465 Å². The molecule has 0 N–H and O–H groups in total. The molecular formula is C97H65Br4IN3+. The van der Waals surface area contributed by atoms with E-state index in [4.69, 9.17) is 0 Å². The van der Waals surface area contributed by atoms with Crippen molar-refractivity contribution in [2.24, 2.45) is 0 Å². The lowest BCUT2D eigenvalue weighted by atomic mass is 9.98. The average molecular weight is 1720 g/mol. The molecule has 0 bridgehead atoms. The zero-order valence-corrected chi connectivity index (χ0v) is 65.3. The minimum atomic E-state index is 0.987. The number of para-hydroxylation sites is 2. The SMILES string of the molecule is Brc1ccc(-n2c3ccc(-c4ccc(N(c5ccc(-c6ccccc6)cc5)c5ccccc5-c5ccccc5)cc4)cc3c3ccc(Br)cc32)cc1.Brc1ccc(I)cc1.Brc1ccc2c(c1)Cc1ccc(-c3ccc(N(c4ccc(C5=CC=[C+]C=C5)cc4)c4ccccc4-c4ccccc4)cc3)cc1-2. The summed E-state index contributed by atoms with van der Waals surface area (Å²) in [6.07, 6.45) is 12.2. The number of benzene rings is 15. The standard InChI is InChI=1S/C48H32Br2N2.C43H29BrN.C6H4BrI/c49-38-20-27-42(28-21-38)52-47-30-19-37(31-45(47)44-29-22-39(50)32-48(44)52)35-17-25-41(26-18-35)51(40-23-15-34(16-24-40)33-9-3-1-4-10-33)46-14-8-7-13-43(46)36-11-5-2-6-12-36;44-37-21-26-40-36(28-37)27-35-16-15-34(29-42(35)40)32-19-24-39(25-20-32)45(38-22-17-31(18-23-38)30-9-3-1-4-10-30)43-14-8-7-13-41(43)33-11-5-2-6-12-33;7-5-1-3-6(8)4-2-5/h1-32H;2-26,28-29H,27H2;1-4H/q;+1;. The molecule has 0 spiro atoms. The summed E-state index contributed by atoms with van der Waals surface area (Å²) in [4.78, 5) is 4.74. The predicted octanol–water partition coefficient (Wildman–Crippen LogP) is 30.0. The van der Waals surface area contributed by atoms with E-state index in [1.807, 2.05) is 24.3 Å². The highest BCUT2D eigenvalue weighted by Crippen LogP contribution is 2.46. The number of fused-ring (bicyclic) bond motifs is 6. The second-order valence-electron chi connectivity index (χ2n) is 25.8. The zero-order valence-electron chi connectivity index (χ0n) is 56.8. The zero-order chi connectivity index (χ0) is 71.2. The van der Waals surface area contributed by atoms with E-state index in [1.165, 1.54) is 114 Å². The average Bonchev–Trinajstić information content (AvgIpc) is 1.59. The van der Waals surface area contributed by atoms with Crippen LogP contribution >= 0.6 is 86.3 Å². The van der Waals surface area contributed by atoms with E-state index in [9.17, 15) is 0 Å². The van der Waals surface area contributed by atoms with Gasteiger partial charge in [-0.05, 0) is 260 Å². The van der Waals surface area contributed by atoms with E-state index < -0.39 is 0 Å². The van der Waals surface area contributed by atoms with Crippen LogP contribution in [0.1, 0.15) is 16.7 Å². The van der Waals surface area contributed by atoms with Crippen molar-refractivity contribution in [3.63, 3.8) is 0 Å². The van der Waals surface area contributed by atoms with Gasteiger partial charge in [0.1, 0.15) is 12.2 Å². The fourth-order valence-corrected chi connectivity index (χ4v) is 15.8. The molecule has 0 saturated heterocycles. The minimum Gasteiger partial charge on any atom is -0.310 e. The molecular weight excluding hydrogens is 1650 g/mol. The van der Waals surface area contributed by atoms with Gasteiger partial charge in [-0.25, -0.2) is 0 Å². The Labute approximate surface area is 661 Å². The summed E-state index contributed by atoms with van der Waals surface area (Å²) >= 11 is 16.6. The van der Waals surface area contributed by atoms with Gasteiger partial charge >= 0.3 is 0 Å². The van der Waals surface area contributed by atoms with Crippen molar-refractivity contribution in [1.82, 2.24) is 4.57 Å². The maximum absolute atomic E-state index is 3.72. The molecule has 0 radical (unpaired) electrons. The van der Waals surface area contributed by atoms with Gasteiger partial charge in [-0.2, -0.15) is 0 Å². The van der Waals surface area contributed by atoms with Gasteiger partial charge in [0, 0.05) is 83.4 Å². The van der Waals surface area contributed by atoms with Crippen molar-refractivity contribution in [3.8, 4) is 72.4 Å². The number of hydrogen-bond donors (Lipinski definition) is 0. The molecule has 8 heteroatoms. The normalized spacial score (nSPS) is 11.7. The first-order chi connectivity index (χ1) is 51.6. The Morgan fingerprint density at radius 2 is 0.743 bits per heavy atom. The number of nitrogens with zero attached hydrogens (tertiary/aromatic N) is 3. The Bertz CT molecular complexity index is 5860. The molecule has 0 saturated carbocycles. The van der Waals surface area contributed by atoms with Gasteiger partial charge in [0.2, 0.25) is 0 Å². The van der Waals surface area contributed by atoms with Crippen LogP contribution in [0.4, 0.5) is 34.1 Å². The molecule has 0 aliphatic heterocycles. The van der Waals surface area contributed by atoms with Crippen molar-refractivity contribution in [1.29, 1.82) is 0 Å². The first kappa shape index (κ1) is 68.9. The maximum atomic E-state index is 3.72. The second-order valence-corrected chi connectivity index (χ2v) is 30.7. The molecule has 0 unspecified atom stereocenters. The molecule has 3 nitrogen and oxygen atoms in total. The molecule has 2 aliphatic rings. The van der Waals surface area contributed by atoms with Crippen LogP contribution in [0.15, 0.2) is 400 Å². The van der Waals surface area contributed by atoms with Gasteiger partial charge in [0.15, 0.2) is 0 Å². The molecule has 2 aliphatic carbocycles. The smallest absolute Gasteiger partial charge is 0.103 e. The number of hydrogen-bond acceptors (Lipinski definition) is 2. The topological polar surface area (TPSA) is 11.4 Å². The lowest BCUT2D eigenvalue weighted by Gasteiger charge is -2.28. The first-order valence-corrected chi connectivity index (χ1v) is 39.0. The first-order valence-electron chi connectivity index (χ1n) is 34.8. The van der Waals surface area contributed by atoms with Crippen LogP contribution in [-0.2, 0) is 6.42 Å². The van der Waals surface area contributed by atoms with Crippen molar-refractivity contribution in [2.75, 3.05) is 9.80 Å². The Balaban J connectivity index is 0.000000147. The van der Waals surface area contributed by atoms with Crippen molar-refractivity contribution in [2.45, 2.75) is 6.42 Å². The second kappa shape index (κ2) is 31.4. The Kier molecular flexibility index (Phi) is 20.6. The lowest BCUT2D eigenvalue weighted by Crippen LogP contribution is -2.11. The van der Waals surface area contributed by atoms with Gasteiger partial charge in [0.25, 0.3) is 0 Å². The van der Waals surface area contributed by atoms with Crippen LogP contribution in [0.25, 0.3) is 99.8 Å². The van der Waals surface area contributed by atoms with Crippen LogP contribution < -0.4 is 9.80 Å².